The lowest BCUT2D eigenvalue weighted by Gasteiger charge is -2.23. The molecule has 0 spiro atoms. The van der Waals surface area contributed by atoms with Crippen molar-refractivity contribution in [1.82, 2.24) is 0 Å². The third-order valence-electron chi connectivity index (χ3n) is 4.07. The molecule has 22 heavy (non-hydrogen) atoms. The second-order valence-corrected chi connectivity index (χ2v) is 5.05. The molecule has 0 saturated heterocycles. The first-order chi connectivity index (χ1) is 10.4. The topological polar surface area (TPSA) is 103 Å². The molecule has 2 unspecified atom stereocenters. The number of esters is 3. The van der Waals surface area contributed by atoms with E-state index in [0.717, 1.165) is 0 Å². The van der Waals surface area contributed by atoms with Crippen LogP contribution in [-0.4, -0.2) is 39.2 Å². The van der Waals surface area contributed by atoms with Crippen LogP contribution < -0.4 is 0 Å². The maximum atomic E-state index is 12.1. The average molecular weight is 309 g/mol. The Bertz CT molecular complexity index is 529. The summed E-state index contributed by atoms with van der Waals surface area (Å²) in [6.45, 7) is 1.72. The highest BCUT2D eigenvalue weighted by Crippen LogP contribution is 2.50. The van der Waals surface area contributed by atoms with Gasteiger partial charge in [0.1, 0.15) is 0 Å². The number of allylic oxidation sites excluding steroid dienone is 2. The van der Waals surface area contributed by atoms with Gasteiger partial charge in [-0.1, -0.05) is 11.6 Å². The molecule has 7 nitrogen and oxygen atoms in total. The van der Waals surface area contributed by atoms with Gasteiger partial charge >= 0.3 is 17.9 Å². The largest absolute Gasteiger partial charge is 0.468 e. The van der Waals surface area contributed by atoms with Crippen LogP contribution in [0.5, 0.6) is 0 Å². The van der Waals surface area contributed by atoms with Crippen molar-refractivity contribution in [2.75, 3.05) is 21.3 Å². The lowest BCUT2D eigenvalue weighted by molar-refractivity contribution is -0.169. The van der Waals surface area contributed by atoms with Crippen LogP contribution in [0.15, 0.2) is 11.6 Å². The van der Waals surface area contributed by atoms with Crippen LogP contribution in [0.1, 0.15) is 19.8 Å². The van der Waals surface area contributed by atoms with Gasteiger partial charge < -0.3 is 14.2 Å². The molecule has 0 heterocycles. The van der Waals surface area contributed by atoms with E-state index in [9.17, 15) is 19.6 Å². The van der Waals surface area contributed by atoms with E-state index >= 15 is 0 Å². The van der Waals surface area contributed by atoms with Gasteiger partial charge in [0.2, 0.25) is 0 Å². The number of carbonyl (C=O) groups is 3. The van der Waals surface area contributed by atoms with Crippen molar-refractivity contribution in [1.29, 1.82) is 5.26 Å². The predicted molar refractivity (Wildman–Crippen MR) is 74.1 cm³/mol. The molecule has 0 aromatic carbocycles. The van der Waals surface area contributed by atoms with Crippen LogP contribution in [0.25, 0.3) is 0 Å². The van der Waals surface area contributed by atoms with Gasteiger partial charge in [-0.15, -0.1) is 0 Å². The maximum absolute atomic E-state index is 12.1. The number of nitrogens with zero attached hydrogens (tertiary/aromatic N) is 1. The first kappa shape index (κ1) is 17.7. The quantitative estimate of drug-likeness (QED) is 0.330. The third kappa shape index (κ3) is 2.82. The highest BCUT2D eigenvalue weighted by atomic mass is 16.5. The first-order valence-corrected chi connectivity index (χ1v) is 6.71. The van der Waals surface area contributed by atoms with Crippen LogP contribution in [-0.2, 0) is 28.6 Å². The molecule has 1 aliphatic carbocycles. The van der Waals surface area contributed by atoms with E-state index in [2.05, 4.69) is 4.74 Å². The molecule has 0 radical (unpaired) electrons. The Balaban J connectivity index is 3.30. The highest BCUT2D eigenvalue weighted by molar-refractivity contribution is 6.01. The second-order valence-electron chi connectivity index (χ2n) is 5.05. The van der Waals surface area contributed by atoms with E-state index in [-0.39, 0.29) is 12.8 Å². The zero-order valence-electron chi connectivity index (χ0n) is 13.0. The van der Waals surface area contributed by atoms with Crippen LogP contribution in [0.4, 0.5) is 0 Å². The minimum absolute atomic E-state index is 0.0284. The second kappa shape index (κ2) is 7.07. The van der Waals surface area contributed by atoms with Gasteiger partial charge in [0.25, 0.3) is 0 Å². The number of nitriles is 1. The van der Waals surface area contributed by atoms with Gasteiger partial charge in [0.15, 0.2) is 11.3 Å². The lowest BCUT2D eigenvalue weighted by atomic mass is 9.82. The molecule has 1 rings (SSSR count). The Morgan fingerprint density at radius 2 is 1.77 bits per heavy atom. The SMILES string of the molecule is C/C=C1\CC(C(=O)OC)(C(=O)OC)CC1C(C#N)C(=O)OC. The van der Waals surface area contributed by atoms with Crippen molar-refractivity contribution in [2.45, 2.75) is 19.8 Å². The molecule has 0 aliphatic heterocycles. The van der Waals surface area contributed by atoms with E-state index in [0.29, 0.717) is 5.57 Å². The predicted octanol–water partition coefficient (Wildman–Crippen LogP) is 0.988. The van der Waals surface area contributed by atoms with Gasteiger partial charge in [-0.25, -0.2) is 0 Å². The third-order valence-corrected chi connectivity index (χ3v) is 4.07. The summed E-state index contributed by atoms with van der Waals surface area (Å²) < 4.78 is 14.1. The maximum Gasteiger partial charge on any atom is 0.323 e. The molecular weight excluding hydrogens is 290 g/mol. The lowest BCUT2D eigenvalue weighted by Crippen LogP contribution is -2.39. The van der Waals surface area contributed by atoms with Crippen LogP contribution in [0, 0.1) is 28.6 Å². The highest BCUT2D eigenvalue weighted by Gasteiger charge is 2.57. The molecule has 1 saturated carbocycles. The van der Waals surface area contributed by atoms with E-state index < -0.39 is 35.2 Å². The Morgan fingerprint density at radius 1 is 1.23 bits per heavy atom. The summed E-state index contributed by atoms with van der Waals surface area (Å²) in [6.07, 6.45) is 1.73. The van der Waals surface area contributed by atoms with Crippen molar-refractivity contribution >= 4 is 17.9 Å². The molecule has 0 amide bonds. The van der Waals surface area contributed by atoms with E-state index in [1.165, 1.54) is 21.3 Å². The number of hydrogen-bond acceptors (Lipinski definition) is 7. The molecule has 120 valence electrons. The molecule has 0 bridgehead atoms. The monoisotopic (exact) mass is 309 g/mol. The van der Waals surface area contributed by atoms with Crippen LogP contribution in [0.2, 0.25) is 0 Å². The Kier molecular flexibility index (Phi) is 5.69. The molecule has 0 N–H and O–H groups in total. The van der Waals surface area contributed by atoms with Crippen molar-refractivity contribution in [3.8, 4) is 6.07 Å². The number of rotatable bonds is 4. The first-order valence-electron chi connectivity index (χ1n) is 6.71. The number of hydrogen-bond donors (Lipinski definition) is 0. The zero-order chi connectivity index (χ0) is 16.9. The summed E-state index contributed by atoms with van der Waals surface area (Å²) in [6, 6.07) is 1.89. The Labute approximate surface area is 128 Å². The van der Waals surface area contributed by atoms with Gasteiger partial charge in [-0.3, -0.25) is 14.4 Å². The van der Waals surface area contributed by atoms with Crippen molar-refractivity contribution in [3.05, 3.63) is 11.6 Å². The average Bonchev–Trinajstić information content (AvgIpc) is 2.94. The van der Waals surface area contributed by atoms with E-state index in [4.69, 9.17) is 9.47 Å². The van der Waals surface area contributed by atoms with Crippen molar-refractivity contribution in [3.63, 3.8) is 0 Å². The molecule has 7 heteroatoms. The number of methoxy groups -OCH3 is 3. The summed E-state index contributed by atoms with van der Waals surface area (Å²) in [7, 11) is 3.54. The summed E-state index contributed by atoms with van der Waals surface area (Å²) >= 11 is 0. The summed E-state index contributed by atoms with van der Waals surface area (Å²) in [5, 5.41) is 9.25. The number of carbonyl (C=O) groups excluding carboxylic acids is 3. The molecule has 0 aromatic rings. The summed E-state index contributed by atoms with van der Waals surface area (Å²) in [5.41, 5.74) is -0.869. The van der Waals surface area contributed by atoms with Crippen LogP contribution in [0.3, 0.4) is 0 Å². The van der Waals surface area contributed by atoms with Gasteiger partial charge in [0, 0.05) is 5.92 Å². The summed E-state index contributed by atoms with van der Waals surface area (Å²) in [4.78, 5) is 36.1. The molecule has 1 aliphatic rings. The molecule has 0 aromatic heterocycles. The van der Waals surface area contributed by atoms with Crippen LogP contribution >= 0.6 is 0 Å². The van der Waals surface area contributed by atoms with E-state index in [1.807, 2.05) is 6.07 Å². The number of ether oxygens (including phenoxy) is 3. The van der Waals surface area contributed by atoms with Gasteiger partial charge in [-0.2, -0.15) is 5.26 Å². The molecule has 2 atom stereocenters. The van der Waals surface area contributed by atoms with Gasteiger partial charge in [0.05, 0.1) is 27.4 Å². The smallest absolute Gasteiger partial charge is 0.323 e. The van der Waals surface area contributed by atoms with Gasteiger partial charge in [-0.05, 0) is 19.8 Å². The van der Waals surface area contributed by atoms with E-state index in [1.54, 1.807) is 13.0 Å². The fraction of sp³-hybridized carbons (Fsp3) is 0.600. The molecule has 1 fully saturated rings. The zero-order valence-corrected chi connectivity index (χ0v) is 13.0. The Morgan fingerprint density at radius 3 is 2.14 bits per heavy atom. The molecular formula is C15H19NO6. The summed E-state index contributed by atoms with van der Waals surface area (Å²) in [5.74, 6) is -3.85. The minimum Gasteiger partial charge on any atom is -0.468 e. The van der Waals surface area contributed by atoms with Crippen molar-refractivity contribution in [2.24, 2.45) is 17.3 Å². The fourth-order valence-corrected chi connectivity index (χ4v) is 2.93. The minimum atomic E-state index is -1.53. The van der Waals surface area contributed by atoms with Crippen molar-refractivity contribution < 1.29 is 28.6 Å². The normalized spacial score (nSPS) is 22.5. The standard InChI is InChI=1S/C15H19NO6/c1-5-9-6-15(13(18)21-3,14(19)22-4)7-10(9)11(8-16)12(17)20-2/h5,10-11H,6-7H2,1-4H3/b9-5+. The fourth-order valence-electron chi connectivity index (χ4n) is 2.93. The Hall–Kier alpha value is -2.36.